The summed E-state index contributed by atoms with van der Waals surface area (Å²) in [6.45, 7) is 2.50. The Hall–Kier alpha value is -2.87. The molecule has 0 bridgehead atoms. The van der Waals surface area contributed by atoms with Crippen LogP contribution < -0.4 is 10.1 Å². The van der Waals surface area contributed by atoms with Gasteiger partial charge < -0.3 is 15.0 Å². The second kappa shape index (κ2) is 7.51. The lowest BCUT2D eigenvalue weighted by Gasteiger charge is -2.29. The Bertz CT molecular complexity index is 1080. The van der Waals surface area contributed by atoms with E-state index in [1.807, 2.05) is 18.2 Å². The summed E-state index contributed by atoms with van der Waals surface area (Å²) in [5.74, 6) is -0.135. The van der Waals surface area contributed by atoms with E-state index < -0.39 is 15.1 Å². The van der Waals surface area contributed by atoms with Crippen molar-refractivity contribution in [3.63, 3.8) is 0 Å². The van der Waals surface area contributed by atoms with E-state index in [0.29, 0.717) is 24.5 Å². The van der Waals surface area contributed by atoms with Gasteiger partial charge in [0.05, 0.1) is 15.8 Å². The van der Waals surface area contributed by atoms with Gasteiger partial charge in [-0.3, -0.25) is 9.59 Å². The maximum absolute atomic E-state index is 13.0. The van der Waals surface area contributed by atoms with Gasteiger partial charge in [-0.2, -0.15) is 0 Å². The van der Waals surface area contributed by atoms with E-state index in [-0.39, 0.29) is 29.7 Å². The van der Waals surface area contributed by atoms with Gasteiger partial charge in [-0.1, -0.05) is 24.3 Å². The van der Waals surface area contributed by atoms with Crippen molar-refractivity contribution < 1.29 is 22.7 Å². The molecule has 2 aliphatic heterocycles. The predicted molar refractivity (Wildman–Crippen MR) is 107 cm³/mol. The van der Waals surface area contributed by atoms with Gasteiger partial charge in [0.25, 0.3) is 5.91 Å². The highest BCUT2D eigenvalue weighted by atomic mass is 32.2. The lowest BCUT2D eigenvalue weighted by Crippen LogP contribution is -2.38. The standard InChI is InChI=1S/C21H22N2O5S/c1-14(10-21(25)23-9-8-15-4-2-3-5-16(15)12-23)29(26,27)17-6-7-18-19(11-17)28-13-20(24)22-18/h2-7,11,14H,8-10,12-13H2,1H3,(H,22,24). The van der Waals surface area contributed by atoms with Crippen molar-refractivity contribution in [1.82, 2.24) is 4.90 Å². The van der Waals surface area contributed by atoms with Crippen LogP contribution in [0.15, 0.2) is 47.4 Å². The van der Waals surface area contributed by atoms with Crippen LogP contribution in [0, 0.1) is 0 Å². The fourth-order valence-corrected chi connectivity index (χ4v) is 5.01. The Kier molecular flexibility index (Phi) is 5.04. The molecule has 152 valence electrons. The Labute approximate surface area is 169 Å². The Morgan fingerprint density at radius 1 is 1.21 bits per heavy atom. The Morgan fingerprint density at radius 2 is 1.97 bits per heavy atom. The fraction of sp³-hybridized carbons (Fsp3) is 0.333. The number of fused-ring (bicyclic) bond motifs is 2. The molecule has 7 nitrogen and oxygen atoms in total. The fourth-order valence-electron chi connectivity index (χ4n) is 3.66. The minimum Gasteiger partial charge on any atom is -0.482 e. The minimum absolute atomic E-state index is 0.0803. The lowest BCUT2D eigenvalue weighted by molar-refractivity contribution is -0.132. The quantitative estimate of drug-likeness (QED) is 0.828. The van der Waals surface area contributed by atoms with E-state index in [0.717, 1.165) is 12.0 Å². The molecule has 0 aromatic heterocycles. The van der Waals surface area contributed by atoms with Crippen LogP contribution >= 0.6 is 0 Å². The highest BCUT2D eigenvalue weighted by Gasteiger charge is 2.30. The second-order valence-corrected chi connectivity index (χ2v) is 9.75. The van der Waals surface area contributed by atoms with Crippen LogP contribution in [0.5, 0.6) is 5.75 Å². The molecule has 29 heavy (non-hydrogen) atoms. The Morgan fingerprint density at radius 3 is 2.76 bits per heavy atom. The predicted octanol–water partition coefficient (Wildman–Crippen LogP) is 2.15. The summed E-state index contributed by atoms with van der Waals surface area (Å²) in [5, 5.41) is 1.76. The number of nitrogens with zero attached hydrogens (tertiary/aromatic N) is 1. The lowest BCUT2D eigenvalue weighted by atomic mass is 10.00. The number of anilines is 1. The first-order chi connectivity index (χ1) is 13.8. The highest BCUT2D eigenvalue weighted by Crippen LogP contribution is 2.32. The molecule has 0 fully saturated rings. The van der Waals surface area contributed by atoms with Crippen molar-refractivity contribution in [3.8, 4) is 5.75 Å². The molecule has 1 atom stereocenters. The SMILES string of the molecule is CC(CC(=O)N1CCc2ccccc2C1)S(=O)(=O)c1ccc2c(c1)OCC(=O)N2. The van der Waals surface area contributed by atoms with Gasteiger partial charge in [0.2, 0.25) is 5.91 Å². The monoisotopic (exact) mass is 414 g/mol. The number of sulfone groups is 1. The zero-order valence-electron chi connectivity index (χ0n) is 16.1. The highest BCUT2D eigenvalue weighted by molar-refractivity contribution is 7.92. The number of ether oxygens (including phenoxy) is 1. The molecule has 4 rings (SSSR count). The molecule has 2 amide bonds. The molecular formula is C21H22N2O5S. The second-order valence-electron chi connectivity index (χ2n) is 7.39. The first-order valence-electron chi connectivity index (χ1n) is 9.50. The molecule has 0 aliphatic carbocycles. The molecule has 1 N–H and O–H groups in total. The van der Waals surface area contributed by atoms with E-state index in [2.05, 4.69) is 11.4 Å². The summed E-state index contributed by atoms with van der Waals surface area (Å²) in [7, 11) is -3.72. The molecule has 2 aromatic rings. The maximum atomic E-state index is 13.0. The summed E-state index contributed by atoms with van der Waals surface area (Å²) in [5.41, 5.74) is 2.78. The van der Waals surface area contributed by atoms with Crippen LogP contribution in [0.1, 0.15) is 24.5 Å². The van der Waals surface area contributed by atoms with Crippen molar-refractivity contribution in [2.75, 3.05) is 18.5 Å². The number of amides is 2. The number of hydrogen-bond acceptors (Lipinski definition) is 5. The first kappa shape index (κ1) is 19.4. The summed E-state index contributed by atoms with van der Waals surface area (Å²) < 4.78 is 31.3. The minimum atomic E-state index is -3.72. The van der Waals surface area contributed by atoms with Crippen molar-refractivity contribution in [3.05, 3.63) is 53.6 Å². The summed E-state index contributed by atoms with van der Waals surface area (Å²) in [6.07, 6.45) is 0.691. The summed E-state index contributed by atoms with van der Waals surface area (Å²) in [6, 6.07) is 12.3. The smallest absolute Gasteiger partial charge is 0.262 e. The van der Waals surface area contributed by atoms with Gasteiger partial charge in [0, 0.05) is 25.6 Å². The molecule has 2 heterocycles. The van der Waals surface area contributed by atoms with Gasteiger partial charge in [0.15, 0.2) is 16.4 Å². The van der Waals surface area contributed by atoms with Crippen LogP contribution in [0.3, 0.4) is 0 Å². The van der Waals surface area contributed by atoms with E-state index in [4.69, 9.17) is 4.74 Å². The third-order valence-electron chi connectivity index (χ3n) is 5.39. The van der Waals surface area contributed by atoms with Gasteiger partial charge in [0.1, 0.15) is 5.75 Å². The van der Waals surface area contributed by atoms with Crippen LogP contribution in [0.25, 0.3) is 0 Å². The number of hydrogen-bond donors (Lipinski definition) is 1. The zero-order valence-corrected chi connectivity index (χ0v) is 16.9. The summed E-state index contributed by atoms with van der Waals surface area (Å²) in [4.78, 5) is 25.9. The molecule has 0 saturated heterocycles. The molecular weight excluding hydrogens is 392 g/mol. The van der Waals surface area contributed by atoms with E-state index in [9.17, 15) is 18.0 Å². The molecule has 0 radical (unpaired) electrons. The normalized spacial score (nSPS) is 16.9. The average Bonchev–Trinajstić information content (AvgIpc) is 2.72. The van der Waals surface area contributed by atoms with Crippen LogP contribution in [-0.2, 0) is 32.4 Å². The largest absolute Gasteiger partial charge is 0.482 e. The Balaban J connectivity index is 1.47. The van der Waals surface area contributed by atoms with Crippen molar-refractivity contribution >= 4 is 27.3 Å². The molecule has 2 aliphatic rings. The molecule has 0 spiro atoms. The molecule has 2 aromatic carbocycles. The third-order valence-corrected chi connectivity index (χ3v) is 7.53. The zero-order chi connectivity index (χ0) is 20.6. The van der Waals surface area contributed by atoms with E-state index in [1.165, 1.54) is 23.8 Å². The van der Waals surface area contributed by atoms with Crippen LogP contribution in [0.4, 0.5) is 5.69 Å². The molecule has 1 unspecified atom stereocenters. The number of benzene rings is 2. The topological polar surface area (TPSA) is 92.8 Å². The maximum Gasteiger partial charge on any atom is 0.262 e. The van der Waals surface area contributed by atoms with Crippen LogP contribution in [-0.4, -0.2) is 43.5 Å². The van der Waals surface area contributed by atoms with Crippen molar-refractivity contribution in [2.24, 2.45) is 0 Å². The van der Waals surface area contributed by atoms with Gasteiger partial charge in [-0.05, 0) is 36.6 Å². The van der Waals surface area contributed by atoms with Gasteiger partial charge >= 0.3 is 0 Å². The van der Waals surface area contributed by atoms with E-state index >= 15 is 0 Å². The number of rotatable bonds is 4. The van der Waals surface area contributed by atoms with Crippen LogP contribution in [0.2, 0.25) is 0 Å². The molecule has 8 heteroatoms. The van der Waals surface area contributed by atoms with Gasteiger partial charge in [-0.25, -0.2) is 8.42 Å². The third kappa shape index (κ3) is 3.85. The first-order valence-corrected chi connectivity index (χ1v) is 11.0. The number of carbonyl (C=O) groups excluding carboxylic acids is 2. The average molecular weight is 414 g/mol. The van der Waals surface area contributed by atoms with Crippen molar-refractivity contribution in [2.45, 2.75) is 36.5 Å². The summed E-state index contributed by atoms with van der Waals surface area (Å²) >= 11 is 0. The van der Waals surface area contributed by atoms with E-state index in [1.54, 1.807) is 11.8 Å². The van der Waals surface area contributed by atoms with Gasteiger partial charge in [-0.15, -0.1) is 0 Å². The number of carbonyl (C=O) groups is 2. The molecule has 0 saturated carbocycles. The van der Waals surface area contributed by atoms with Crippen molar-refractivity contribution in [1.29, 1.82) is 0 Å². The number of nitrogens with one attached hydrogen (secondary N) is 1.